The molecule has 0 spiro atoms. The van der Waals surface area contributed by atoms with E-state index in [-0.39, 0.29) is 16.7 Å². The molecule has 2 rings (SSSR count). The average Bonchev–Trinajstić information content (AvgIpc) is 2.90. The number of aryl methyl sites for hydroxylation is 1. The Morgan fingerprint density at radius 3 is 2.67 bits per heavy atom. The van der Waals surface area contributed by atoms with Gasteiger partial charge in [-0.05, 0) is 19.1 Å². The minimum Gasteiger partial charge on any atom is -0.481 e. The van der Waals surface area contributed by atoms with Crippen molar-refractivity contribution in [2.45, 2.75) is 12.7 Å². The minimum absolute atomic E-state index is 0.00444. The number of hydrogen-bond donors (Lipinski definition) is 2. The molecular formula is C13H13N3O3S2. The Hall–Kier alpha value is -1.93. The van der Waals surface area contributed by atoms with E-state index in [1.807, 2.05) is 31.2 Å². The lowest BCUT2D eigenvalue weighted by Gasteiger charge is -2.02. The van der Waals surface area contributed by atoms with Crippen molar-refractivity contribution in [1.82, 2.24) is 10.2 Å². The van der Waals surface area contributed by atoms with Crippen molar-refractivity contribution >= 4 is 40.7 Å². The molecule has 0 aliphatic rings. The van der Waals surface area contributed by atoms with Crippen LogP contribution in [0, 0.1) is 6.92 Å². The fourth-order valence-electron chi connectivity index (χ4n) is 1.45. The van der Waals surface area contributed by atoms with Crippen LogP contribution in [0.4, 0.5) is 5.69 Å². The number of hydrogen-bond acceptors (Lipinski definition) is 6. The molecule has 0 saturated heterocycles. The normalized spacial score (nSPS) is 10.3. The van der Waals surface area contributed by atoms with Crippen molar-refractivity contribution in [3.8, 4) is 0 Å². The summed E-state index contributed by atoms with van der Waals surface area (Å²) in [5.41, 5.74) is 1.81. The second kappa shape index (κ2) is 7.19. The smallest absolute Gasteiger partial charge is 0.313 e. The van der Waals surface area contributed by atoms with E-state index < -0.39 is 5.97 Å². The van der Waals surface area contributed by atoms with Crippen LogP contribution in [-0.4, -0.2) is 32.9 Å². The Morgan fingerprint density at radius 1 is 1.29 bits per heavy atom. The van der Waals surface area contributed by atoms with Crippen LogP contribution in [0.1, 0.15) is 20.4 Å². The van der Waals surface area contributed by atoms with Gasteiger partial charge in [-0.15, -0.1) is 22.0 Å². The Bertz CT molecular complexity index is 640. The maximum atomic E-state index is 12.0. The Morgan fingerprint density at radius 2 is 2.00 bits per heavy atom. The molecule has 0 radical (unpaired) electrons. The van der Waals surface area contributed by atoms with Crippen LogP contribution < -0.4 is 5.32 Å². The molecule has 2 aromatic rings. The summed E-state index contributed by atoms with van der Waals surface area (Å²) in [4.78, 5) is 22.4. The topological polar surface area (TPSA) is 92.2 Å². The van der Waals surface area contributed by atoms with E-state index in [4.69, 9.17) is 5.11 Å². The van der Waals surface area contributed by atoms with Gasteiger partial charge in [-0.3, -0.25) is 9.59 Å². The Balaban J connectivity index is 1.92. The molecule has 1 amide bonds. The number of benzene rings is 1. The molecule has 0 bridgehead atoms. The summed E-state index contributed by atoms with van der Waals surface area (Å²) in [6.07, 6.45) is 0. The number of aliphatic carboxylic acids is 1. The van der Waals surface area contributed by atoms with Gasteiger partial charge in [0.2, 0.25) is 5.01 Å². The van der Waals surface area contributed by atoms with Crippen molar-refractivity contribution in [2.24, 2.45) is 0 Å². The summed E-state index contributed by atoms with van der Waals surface area (Å²) in [7, 11) is 0. The summed E-state index contributed by atoms with van der Waals surface area (Å²) in [5.74, 6) is -0.751. The average molecular weight is 323 g/mol. The summed E-state index contributed by atoms with van der Waals surface area (Å²) >= 11 is 2.39. The van der Waals surface area contributed by atoms with Gasteiger partial charge in [0.25, 0.3) is 5.91 Å². The molecule has 21 heavy (non-hydrogen) atoms. The molecule has 1 aromatic heterocycles. The lowest BCUT2D eigenvalue weighted by Crippen LogP contribution is -2.11. The first kappa shape index (κ1) is 15.5. The summed E-state index contributed by atoms with van der Waals surface area (Å²) in [6.45, 7) is 1.97. The van der Waals surface area contributed by atoms with Gasteiger partial charge in [0, 0.05) is 11.4 Å². The van der Waals surface area contributed by atoms with Crippen LogP contribution in [0.3, 0.4) is 0 Å². The first-order chi connectivity index (χ1) is 10.0. The van der Waals surface area contributed by atoms with Gasteiger partial charge in [-0.25, -0.2) is 0 Å². The van der Waals surface area contributed by atoms with Crippen LogP contribution in [-0.2, 0) is 10.5 Å². The number of carbonyl (C=O) groups excluding carboxylic acids is 1. The predicted molar refractivity (Wildman–Crippen MR) is 82.8 cm³/mol. The predicted octanol–water partition coefficient (Wildman–Crippen LogP) is 2.42. The van der Waals surface area contributed by atoms with E-state index in [1.54, 1.807) is 0 Å². The lowest BCUT2D eigenvalue weighted by atomic mass is 10.2. The van der Waals surface area contributed by atoms with E-state index >= 15 is 0 Å². The molecule has 6 nitrogen and oxygen atoms in total. The molecule has 1 heterocycles. The lowest BCUT2D eigenvalue weighted by molar-refractivity contribution is -0.133. The number of amides is 1. The van der Waals surface area contributed by atoms with Crippen molar-refractivity contribution in [3.63, 3.8) is 0 Å². The molecule has 2 N–H and O–H groups in total. The largest absolute Gasteiger partial charge is 0.481 e. The number of carboxylic acids is 1. The number of carboxylic acid groups (broad SMARTS) is 1. The Kier molecular flexibility index (Phi) is 5.29. The molecular weight excluding hydrogens is 310 g/mol. The van der Waals surface area contributed by atoms with E-state index in [9.17, 15) is 9.59 Å². The minimum atomic E-state index is -0.873. The van der Waals surface area contributed by atoms with E-state index in [2.05, 4.69) is 15.5 Å². The number of aromatic nitrogens is 2. The fourth-order valence-corrected chi connectivity index (χ4v) is 2.98. The number of thioether (sulfide) groups is 1. The fraction of sp³-hybridized carbons (Fsp3) is 0.231. The second-order valence-electron chi connectivity index (χ2n) is 4.21. The maximum Gasteiger partial charge on any atom is 0.313 e. The van der Waals surface area contributed by atoms with Crippen molar-refractivity contribution in [1.29, 1.82) is 0 Å². The zero-order valence-corrected chi connectivity index (χ0v) is 12.8. The molecule has 1 aromatic carbocycles. The summed E-state index contributed by atoms with van der Waals surface area (Å²) < 4.78 is 0. The van der Waals surface area contributed by atoms with Gasteiger partial charge >= 0.3 is 5.97 Å². The number of anilines is 1. The molecule has 0 aliphatic heterocycles. The van der Waals surface area contributed by atoms with Gasteiger partial charge < -0.3 is 10.4 Å². The Labute approximate surface area is 129 Å². The zero-order valence-electron chi connectivity index (χ0n) is 11.2. The van der Waals surface area contributed by atoms with E-state index in [0.29, 0.717) is 16.4 Å². The third kappa shape index (κ3) is 4.83. The highest BCUT2D eigenvalue weighted by atomic mass is 32.2. The molecule has 0 unspecified atom stereocenters. The van der Waals surface area contributed by atoms with Crippen LogP contribution >= 0.6 is 23.1 Å². The summed E-state index contributed by atoms with van der Waals surface area (Å²) in [6, 6.07) is 7.45. The van der Waals surface area contributed by atoms with Crippen LogP contribution in [0.25, 0.3) is 0 Å². The number of nitrogens with one attached hydrogen (secondary N) is 1. The maximum absolute atomic E-state index is 12.0. The van der Waals surface area contributed by atoms with E-state index in [0.717, 1.165) is 5.56 Å². The first-order valence-corrected chi connectivity index (χ1v) is 8.01. The number of carbonyl (C=O) groups is 2. The molecule has 110 valence electrons. The SMILES string of the molecule is Cc1ccc(NC(=O)c2nnc(CSCC(=O)O)s2)cc1. The van der Waals surface area contributed by atoms with Crippen LogP contribution in [0.5, 0.6) is 0 Å². The number of rotatable bonds is 6. The first-order valence-electron chi connectivity index (χ1n) is 6.04. The van der Waals surface area contributed by atoms with Gasteiger partial charge in [0.05, 0.1) is 5.75 Å². The molecule has 0 fully saturated rings. The van der Waals surface area contributed by atoms with Crippen molar-refractivity contribution in [2.75, 3.05) is 11.1 Å². The van der Waals surface area contributed by atoms with Crippen molar-refractivity contribution in [3.05, 3.63) is 39.8 Å². The van der Waals surface area contributed by atoms with Crippen LogP contribution in [0.15, 0.2) is 24.3 Å². The van der Waals surface area contributed by atoms with Crippen LogP contribution in [0.2, 0.25) is 0 Å². The van der Waals surface area contributed by atoms with Crippen molar-refractivity contribution < 1.29 is 14.7 Å². The summed E-state index contributed by atoms with van der Waals surface area (Å²) in [5, 5.41) is 19.9. The molecule has 8 heteroatoms. The third-order valence-electron chi connectivity index (χ3n) is 2.42. The molecule has 0 atom stereocenters. The highest BCUT2D eigenvalue weighted by molar-refractivity contribution is 7.99. The highest BCUT2D eigenvalue weighted by Gasteiger charge is 2.13. The molecule has 0 saturated carbocycles. The highest BCUT2D eigenvalue weighted by Crippen LogP contribution is 2.18. The monoisotopic (exact) mass is 323 g/mol. The quantitative estimate of drug-likeness (QED) is 0.848. The molecule has 0 aliphatic carbocycles. The van der Waals surface area contributed by atoms with Gasteiger partial charge in [-0.1, -0.05) is 29.0 Å². The van der Waals surface area contributed by atoms with E-state index in [1.165, 1.54) is 23.1 Å². The van der Waals surface area contributed by atoms with Gasteiger partial charge in [0.15, 0.2) is 0 Å². The third-order valence-corrected chi connectivity index (χ3v) is 4.45. The zero-order chi connectivity index (χ0) is 15.2. The van der Waals surface area contributed by atoms with Gasteiger partial charge in [-0.2, -0.15) is 0 Å². The standard InChI is InChI=1S/C13H13N3O3S2/c1-8-2-4-9(5-3-8)14-12(19)13-16-15-10(21-13)6-20-7-11(17)18/h2-5H,6-7H2,1H3,(H,14,19)(H,17,18). The van der Waals surface area contributed by atoms with Gasteiger partial charge in [0.1, 0.15) is 5.01 Å². The second-order valence-corrected chi connectivity index (χ2v) is 6.26. The number of nitrogens with zero attached hydrogens (tertiary/aromatic N) is 2.